The number of piperazine rings is 1. The van der Waals surface area contributed by atoms with E-state index in [9.17, 15) is 14.0 Å². The summed E-state index contributed by atoms with van der Waals surface area (Å²) in [6.45, 7) is 2.66. The second-order valence-corrected chi connectivity index (χ2v) is 5.89. The first-order valence-corrected chi connectivity index (χ1v) is 8.29. The van der Waals surface area contributed by atoms with E-state index < -0.39 is 6.04 Å². The van der Waals surface area contributed by atoms with Crippen molar-refractivity contribution in [3.05, 3.63) is 65.5 Å². The molecule has 3 rings (SSSR count). The Balaban J connectivity index is 1.83. The van der Waals surface area contributed by atoms with Crippen molar-refractivity contribution in [1.29, 1.82) is 0 Å². The molecule has 3 amide bonds. The number of urea groups is 1. The second kappa shape index (κ2) is 7.34. The highest BCUT2D eigenvalue weighted by atomic mass is 19.1. The lowest BCUT2D eigenvalue weighted by Gasteiger charge is -2.35. The average molecular weight is 341 g/mol. The summed E-state index contributed by atoms with van der Waals surface area (Å²) in [5.41, 5.74) is 1.80. The summed E-state index contributed by atoms with van der Waals surface area (Å²) in [5, 5.41) is 5.57. The van der Waals surface area contributed by atoms with Gasteiger partial charge in [-0.25, -0.2) is 9.18 Å². The molecule has 2 aromatic carbocycles. The molecule has 2 N–H and O–H groups in total. The van der Waals surface area contributed by atoms with Gasteiger partial charge >= 0.3 is 6.03 Å². The molecule has 0 bridgehead atoms. The summed E-state index contributed by atoms with van der Waals surface area (Å²) in [6, 6.07) is 12.6. The lowest BCUT2D eigenvalue weighted by atomic mass is 10.0. The van der Waals surface area contributed by atoms with Crippen molar-refractivity contribution in [1.82, 2.24) is 10.2 Å². The van der Waals surface area contributed by atoms with Crippen molar-refractivity contribution in [2.24, 2.45) is 0 Å². The predicted molar refractivity (Wildman–Crippen MR) is 93.7 cm³/mol. The van der Waals surface area contributed by atoms with Crippen LogP contribution in [0.4, 0.5) is 14.9 Å². The largest absolute Gasteiger partial charge is 0.352 e. The molecule has 1 aliphatic rings. The molecule has 1 saturated heterocycles. The summed E-state index contributed by atoms with van der Waals surface area (Å²) >= 11 is 0. The quantitative estimate of drug-likeness (QED) is 0.901. The monoisotopic (exact) mass is 341 g/mol. The fourth-order valence-corrected chi connectivity index (χ4v) is 2.97. The van der Waals surface area contributed by atoms with E-state index in [1.165, 1.54) is 17.0 Å². The highest BCUT2D eigenvalue weighted by Crippen LogP contribution is 2.24. The van der Waals surface area contributed by atoms with Gasteiger partial charge in [-0.1, -0.05) is 37.3 Å². The molecule has 6 heteroatoms. The minimum absolute atomic E-state index is 0.207. The fourth-order valence-electron chi connectivity index (χ4n) is 2.97. The van der Waals surface area contributed by atoms with Gasteiger partial charge in [0.15, 0.2) is 0 Å². The number of anilines is 1. The van der Waals surface area contributed by atoms with Crippen LogP contribution in [0.1, 0.15) is 24.1 Å². The van der Waals surface area contributed by atoms with Crippen LogP contribution in [0.5, 0.6) is 0 Å². The SMILES string of the molecule is CCc1cc(NC(=O)N2CCNC(=O)C2c2ccccc2)ccc1F. The van der Waals surface area contributed by atoms with E-state index in [2.05, 4.69) is 10.6 Å². The van der Waals surface area contributed by atoms with E-state index in [4.69, 9.17) is 0 Å². The fraction of sp³-hybridized carbons (Fsp3) is 0.263. The Morgan fingerprint density at radius 3 is 2.76 bits per heavy atom. The molecular formula is C19H20FN3O2. The molecule has 1 fully saturated rings. The molecule has 1 aliphatic heterocycles. The van der Waals surface area contributed by atoms with Crippen molar-refractivity contribution in [3.8, 4) is 0 Å². The summed E-state index contributed by atoms with van der Waals surface area (Å²) in [6.07, 6.45) is 0.536. The van der Waals surface area contributed by atoms with E-state index >= 15 is 0 Å². The van der Waals surface area contributed by atoms with E-state index in [1.807, 2.05) is 37.3 Å². The molecule has 0 aromatic heterocycles. The van der Waals surface area contributed by atoms with E-state index in [-0.39, 0.29) is 17.8 Å². The van der Waals surface area contributed by atoms with Gasteiger partial charge in [0.05, 0.1) is 0 Å². The Morgan fingerprint density at radius 2 is 2.04 bits per heavy atom. The number of carbonyl (C=O) groups excluding carboxylic acids is 2. The number of hydrogen-bond donors (Lipinski definition) is 2. The van der Waals surface area contributed by atoms with Crippen LogP contribution in [0.2, 0.25) is 0 Å². The highest BCUT2D eigenvalue weighted by molar-refractivity contribution is 5.95. The van der Waals surface area contributed by atoms with Gasteiger partial charge in [-0.3, -0.25) is 4.79 Å². The topological polar surface area (TPSA) is 61.4 Å². The van der Waals surface area contributed by atoms with Crippen LogP contribution in [-0.4, -0.2) is 29.9 Å². The molecule has 0 aliphatic carbocycles. The third-order valence-electron chi connectivity index (χ3n) is 4.27. The van der Waals surface area contributed by atoms with Crippen LogP contribution < -0.4 is 10.6 Å². The van der Waals surface area contributed by atoms with Crippen LogP contribution in [0.15, 0.2) is 48.5 Å². The molecule has 1 atom stereocenters. The molecule has 1 heterocycles. The minimum atomic E-state index is -0.680. The van der Waals surface area contributed by atoms with Crippen molar-refractivity contribution in [2.75, 3.05) is 18.4 Å². The first kappa shape index (κ1) is 17.0. The van der Waals surface area contributed by atoms with Gasteiger partial charge < -0.3 is 15.5 Å². The second-order valence-electron chi connectivity index (χ2n) is 5.89. The van der Waals surface area contributed by atoms with Crippen LogP contribution in [0.25, 0.3) is 0 Å². The van der Waals surface area contributed by atoms with Gasteiger partial charge in [0.1, 0.15) is 11.9 Å². The molecule has 0 saturated carbocycles. The summed E-state index contributed by atoms with van der Waals surface area (Å²) < 4.78 is 13.6. The lowest BCUT2D eigenvalue weighted by molar-refractivity contribution is -0.127. The number of carbonyl (C=O) groups is 2. The average Bonchev–Trinajstić information content (AvgIpc) is 2.63. The molecule has 2 aromatic rings. The zero-order valence-corrected chi connectivity index (χ0v) is 14.0. The minimum Gasteiger partial charge on any atom is -0.352 e. The zero-order valence-electron chi connectivity index (χ0n) is 14.0. The number of aryl methyl sites for hydroxylation is 1. The Hall–Kier alpha value is -2.89. The van der Waals surface area contributed by atoms with Crippen molar-refractivity contribution < 1.29 is 14.0 Å². The molecule has 25 heavy (non-hydrogen) atoms. The Labute approximate surface area is 145 Å². The van der Waals surface area contributed by atoms with Gasteiger partial charge in [-0.2, -0.15) is 0 Å². The van der Waals surface area contributed by atoms with Gasteiger partial charge in [-0.05, 0) is 35.7 Å². The summed E-state index contributed by atoms with van der Waals surface area (Å²) in [5.74, 6) is -0.499. The highest BCUT2D eigenvalue weighted by Gasteiger charge is 2.34. The number of halogens is 1. The molecule has 1 unspecified atom stereocenters. The first-order chi connectivity index (χ1) is 12.1. The van der Waals surface area contributed by atoms with Crippen molar-refractivity contribution in [2.45, 2.75) is 19.4 Å². The van der Waals surface area contributed by atoms with Gasteiger partial charge in [-0.15, -0.1) is 0 Å². The van der Waals surface area contributed by atoms with Crippen molar-refractivity contribution in [3.63, 3.8) is 0 Å². The number of benzene rings is 2. The maximum absolute atomic E-state index is 13.6. The van der Waals surface area contributed by atoms with Gasteiger partial charge in [0.25, 0.3) is 0 Å². The van der Waals surface area contributed by atoms with E-state index in [0.29, 0.717) is 30.8 Å². The number of nitrogens with zero attached hydrogens (tertiary/aromatic N) is 1. The lowest BCUT2D eigenvalue weighted by Crippen LogP contribution is -2.53. The molecule has 0 radical (unpaired) electrons. The smallest absolute Gasteiger partial charge is 0.322 e. The van der Waals surface area contributed by atoms with Crippen LogP contribution in [0.3, 0.4) is 0 Å². The summed E-state index contributed by atoms with van der Waals surface area (Å²) in [7, 11) is 0. The Bertz CT molecular complexity index is 779. The van der Waals surface area contributed by atoms with Gasteiger partial charge in [0.2, 0.25) is 5.91 Å². The third-order valence-corrected chi connectivity index (χ3v) is 4.27. The predicted octanol–water partition coefficient (Wildman–Crippen LogP) is 3.09. The normalized spacial score (nSPS) is 17.1. The Morgan fingerprint density at radius 1 is 1.28 bits per heavy atom. The molecular weight excluding hydrogens is 321 g/mol. The van der Waals surface area contributed by atoms with Crippen LogP contribution in [0, 0.1) is 5.82 Å². The Kier molecular flexibility index (Phi) is 4.97. The maximum atomic E-state index is 13.6. The number of amides is 3. The molecule has 5 nitrogen and oxygen atoms in total. The van der Waals surface area contributed by atoms with Gasteiger partial charge in [0, 0.05) is 18.8 Å². The van der Waals surface area contributed by atoms with Crippen LogP contribution >= 0.6 is 0 Å². The van der Waals surface area contributed by atoms with Crippen LogP contribution in [-0.2, 0) is 11.2 Å². The zero-order chi connectivity index (χ0) is 17.8. The maximum Gasteiger partial charge on any atom is 0.322 e. The number of hydrogen-bond acceptors (Lipinski definition) is 2. The third kappa shape index (κ3) is 3.63. The summed E-state index contributed by atoms with van der Waals surface area (Å²) in [4.78, 5) is 26.6. The molecule has 130 valence electrons. The first-order valence-electron chi connectivity index (χ1n) is 8.29. The number of nitrogens with one attached hydrogen (secondary N) is 2. The van der Waals surface area contributed by atoms with E-state index in [0.717, 1.165) is 5.56 Å². The molecule has 0 spiro atoms. The standard InChI is InChI=1S/C19H20FN3O2/c1-2-13-12-15(8-9-16(13)20)22-19(25)23-11-10-21-18(24)17(23)14-6-4-3-5-7-14/h3-9,12,17H,2,10-11H2,1H3,(H,21,24)(H,22,25). The number of rotatable bonds is 3. The van der Waals surface area contributed by atoms with E-state index in [1.54, 1.807) is 6.07 Å². The van der Waals surface area contributed by atoms with Crippen molar-refractivity contribution >= 4 is 17.6 Å².